The highest BCUT2D eigenvalue weighted by atomic mass is 16.6. The first kappa shape index (κ1) is 23.9. The lowest BCUT2D eigenvalue weighted by Gasteiger charge is -2.36. The van der Waals surface area contributed by atoms with Crippen LogP contribution < -0.4 is 14.8 Å². The van der Waals surface area contributed by atoms with Crippen molar-refractivity contribution in [1.29, 1.82) is 0 Å². The van der Waals surface area contributed by atoms with Crippen molar-refractivity contribution in [3.8, 4) is 11.5 Å². The van der Waals surface area contributed by atoms with Crippen molar-refractivity contribution in [3.05, 3.63) is 65.2 Å². The van der Waals surface area contributed by atoms with Crippen LogP contribution in [0.25, 0.3) is 0 Å². The van der Waals surface area contributed by atoms with Crippen molar-refractivity contribution in [2.24, 2.45) is 0 Å². The van der Waals surface area contributed by atoms with E-state index in [0.717, 1.165) is 30.8 Å². The zero-order valence-corrected chi connectivity index (χ0v) is 20.2. The molecule has 1 spiro atoms. The van der Waals surface area contributed by atoms with Crippen LogP contribution in [0.1, 0.15) is 40.7 Å². The lowest BCUT2D eigenvalue weighted by atomic mass is 9.69. The first-order chi connectivity index (χ1) is 17.3. The first-order valence-electron chi connectivity index (χ1n) is 11.9. The summed E-state index contributed by atoms with van der Waals surface area (Å²) >= 11 is 0. The van der Waals surface area contributed by atoms with Crippen molar-refractivity contribution >= 4 is 23.5 Å². The van der Waals surface area contributed by atoms with Crippen molar-refractivity contribution in [1.82, 2.24) is 4.90 Å². The molecule has 2 aromatic carbocycles. The molecule has 0 saturated heterocycles. The first-order valence-corrected chi connectivity index (χ1v) is 11.9. The average molecular weight is 493 g/mol. The molecule has 0 bridgehead atoms. The van der Waals surface area contributed by atoms with E-state index in [4.69, 9.17) is 19.3 Å². The fourth-order valence-corrected chi connectivity index (χ4v) is 5.40. The SMILES string of the molecule is COc1ccc2c3c1O[C@H]1C[C@@H](OC(=O)CC(=O)Nc4ccc(C(=O)O)cc4)C=C[C@@]31CCN(C)C2. The second kappa shape index (κ2) is 9.31. The van der Waals surface area contributed by atoms with E-state index in [1.165, 1.54) is 29.8 Å². The number of carbonyl (C=O) groups excluding carboxylic acids is 2. The number of anilines is 1. The summed E-state index contributed by atoms with van der Waals surface area (Å²) in [5.41, 5.74) is 2.56. The zero-order chi connectivity index (χ0) is 25.4. The minimum absolute atomic E-state index is 0.107. The number of carbonyl (C=O) groups is 3. The van der Waals surface area contributed by atoms with Crippen LogP contribution in [-0.4, -0.2) is 60.8 Å². The smallest absolute Gasteiger partial charge is 0.335 e. The monoisotopic (exact) mass is 492 g/mol. The van der Waals surface area contributed by atoms with Crippen molar-refractivity contribution < 1.29 is 33.7 Å². The highest BCUT2D eigenvalue weighted by Crippen LogP contribution is 2.55. The average Bonchev–Trinajstić information content (AvgIpc) is 3.10. The number of nitrogens with one attached hydrogen (secondary N) is 1. The third-order valence-corrected chi connectivity index (χ3v) is 7.13. The van der Waals surface area contributed by atoms with E-state index in [1.807, 2.05) is 12.1 Å². The van der Waals surface area contributed by atoms with Gasteiger partial charge in [0.2, 0.25) is 5.91 Å². The van der Waals surface area contributed by atoms with Gasteiger partial charge >= 0.3 is 11.9 Å². The molecule has 1 aliphatic carbocycles. The fourth-order valence-electron chi connectivity index (χ4n) is 5.40. The molecule has 2 N–H and O–H groups in total. The Morgan fingerprint density at radius 2 is 1.97 bits per heavy atom. The van der Waals surface area contributed by atoms with Gasteiger partial charge in [-0.2, -0.15) is 0 Å². The summed E-state index contributed by atoms with van der Waals surface area (Å²) < 4.78 is 17.6. The second-order valence-electron chi connectivity index (χ2n) is 9.50. The summed E-state index contributed by atoms with van der Waals surface area (Å²) in [6.07, 6.45) is 4.19. The van der Waals surface area contributed by atoms with Gasteiger partial charge in [-0.25, -0.2) is 4.79 Å². The standard InChI is InChI=1S/C27H28N2O7/c1-29-12-11-27-10-9-19(13-21(27)36-25-20(34-2)8-5-17(15-29)24(25)27)35-23(31)14-22(30)28-18-6-3-16(4-7-18)26(32)33/h3-10,19,21H,11-15H2,1-2H3,(H,28,30)(H,32,33)/t19-,21-,27-/m0/s1. The summed E-state index contributed by atoms with van der Waals surface area (Å²) in [6, 6.07) is 9.73. The highest BCUT2D eigenvalue weighted by Gasteiger charge is 2.53. The third kappa shape index (κ3) is 4.30. The van der Waals surface area contributed by atoms with Crippen LogP contribution in [-0.2, 0) is 26.3 Å². The Morgan fingerprint density at radius 3 is 2.69 bits per heavy atom. The van der Waals surface area contributed by atoms with Gasteiger partial charge in [0.15, 0.2) is 11.5 Å². The predicted octanol–water partition coefficient (Wildman–Crippen LogP) is 3.13. The third-order valence-electron chi connectivity index (χ3n) is 7.13. The molecule has 1 amide bonds. The molecule has 9 heteroatoms. The van der Waals surface area contributed by atoms with Gasteiger partial charge in [0.05, 0.1) is 18.1 Å². The lowest BCUT2D eigenvalue weighted by molar-refractivity contribution is -0.149. The molecule has 0 aromatic heterocycles. The second-order valence-corrected chi connectivity index (χ2v) is 9.50. The van der Waals surface area contributed by atoms with Gasteiger partial charge in [-0.1, -0.05) is 12.1 Å². The lowest BCUT2D eigenvalue weighted by Crippen LogP contribution is -2.43. The maximum absolute atomic E-state index is 12.5. The van der Waals surface area contributed by atoms with E-state index in [1.54, 1.807) is 7.11 Å². The zero-order valence-electron chi connectivity index (χ0n) is 20.2. The Labute approximate surface area is 208 Å². The molecule has 2 aromatic rings. The molecule has 3 aliphatic rings. The van der Waals surface area contributed by atoms with Gasteiger partial charge in [-0.3, -0.25) is 9.59 Å². The number of methoxy groups -OCH3 is 1. The summed E-state index contributed by atoms with van der Waals surface area (Å²) in [6.45, 7) is 1.73. The number of rotatable bonds is 6. The Kier molecular flexibility index (Phi) is 6.17. The van der Waals surface area contributed by atoms with Gasteiger partial charge in [0, 0.05) is 24.2 Å². The van der Waals surface area contributed by atoms with Crippen LogP contribution in [0, 0.1) is 0 Å². The Hall–Kier alpha value is -3.85. The van der Waals surface area contributed by atoms with Gasteiger partial charge in [-0.05, 0) is 62.0 Å². The summed E-state index contributed by atoms with van der Waals surface area (Å²) in [4.78, 5) is 38.1. The molecule has 0 fully saturated rings. The Morgan fingerprint density at radius 1 is 1.19 bits per heavy atom. The number of hydrogen-bond donors (Lipinski definition) is 2. The van der Waals surface area contributed by atoms with Crippen molar-refractivity contribution in [3.63, 3.8) is 0 Å². The summed E-state index contributed by atoms with van der Waals surface area (Å²) in [5, 5.41) is 11.6. The molecule has 36 heavy (non-hydrogen) atoms. The van der Waals surface area contributed by atoms with E-state index in [0.29, 0.717) is 17.9 Å². The number of aromatic carboxylic acids is 1. The number of ether oxygens (including phenoxy) is 3. The van der Waals surface area contributed by atoms with E-state index >= 15 is 0 Å². The fraction of sp³-hybridized carbons (Fsp3) is 0.370. The molecule has 0 unspecified atom stereocenters. The summed E-state index contributed by atoms with van der Waals surface area (Å²) in [5.74, 6) is -0.777. The molecule has 5 rings (SSSR count). The minimum atomic E-state index is -1.06. The quantitative estimate of drug-likeness (QED) is 0.359. The predicted molar refractivity (Wildman–Crippen MR) is 130 cm³/mol. The number of esters is 1. The molecule has 9 nitrogen and oxygen atoms in total. The van der Waals surface area contributed by atoms with E-state index in [9.17, 15) is 14.4 Å². The largest absolute Gasteiger partial charge is 0.493 e. The molecule has 0 radical (unpaired) electrons. The van der Waals surface area contributed by atoms with E-state index in [2.05, 4.69) is 29.4 Å². The number of benzene rings is 2. The van der Waals surface area contributed by atoms with E-state index in [-0.39, 0.29) is 17.1 Å². The van der Waals surface area contributed by atoms with Crippen molar-refractivity contribution in [2.45, 2.75) is 43.4 Å². The number of carboxylic acid groups (broad SMARTS) is 1. The van der Waals surface area contributed by atoms with Gasteiger partial charge in [-0.15, -0.1) is 0 Å². The Bertz CT molecular complexity index is 1240. The number of carboxylic acids is 1. The van der Waals surface area contributed by atoms with Crippen LogP contribution in [0.4, 0.5) is 5.69 Å². The van der Waals surface area contributed by atoms with Crippen LogP contribution in [0.3, 0.4) is 0 Å². The summed E-state index contributed by atoms with van der Waals surface area (Å²) in [7, 11) is 3.73. The van der Waals surface area contributed by atoms with Gasteiger partial charge < -0.3 is 29.5 Å². The molecule has 0 saturated carbocycles. The molecule has 2 heterocycles. The maximum Gasteiger partial charge on any atom is 0.335 e. The molecule has 3 atom stereocenters. The van der Waals surface area contributed by atoms with Crippen LogP contribution in [0.2, 0.25) is 0 Å². The number of hydrogen-bond acceptors (Lipinski definition) is 7. The van der Waals surface area contributed by atoms with Crippen LogP contribution in [0.5, 0.6) is 11.5 Å². The molecular formula is C27H28N2O7. The Balaban J connectivity index is 1.26. The van der Waals surface area contributed by atoms with Crippen LogP contribution >= 0.6 is 0 Å². The van der Waals surface area contributed by atoms with Gasteiger partial charge in [0.25, 0.3) is 0 Å². The van der Waals surface area contributed by atoms with Crippen LogP contribution in [0.15, 0.2) is 48.6 Å². The topological polar surface area (TPSA) is 114 Å². The number of amides is 1. The van der Waals surface area contributed by atoms with E-state index < -0.39 is 30.4 Å². The molecular weight excluding hydrogens is 464 g/mol. The maximum atomic E-state index is 12.5. The van der Waals surface area contributed by atoms with Gasteiger partial charge in [0.1, 0.15) is 18.6 Å². The minimum Gasteiger partial charge on any atom is -0.493 e. The molecule has 2 aliphatic heterocycles. The van der Waals surface area contributed by atoms with Crippen molar-refractivity contribution in [2.75, 3.05) is 26.0 Å². The highest BCUT2D eigenvalue weighted by molar-refractivity contribution is 6.02. The number of nitrogens with zero attached hydrogens (tertiary/aromatic N) is 1. The normalized spacial score (nSPS) is 24.1. The molecule has 188 valence electrons.